The third-order valence-electron chi connectivity index (χ3n) is 7.83. The zero-order valence-electron chi connectivity index (χ0n) is 21.8. The molecule has 0 aromatic heterocycles. The fourth-order valence-electron chi connectivity index (χ4n) is 5.72. The van der Waals surface area contributed by atoms with Gasteiger partial charge in [-0.05, 0) is 78.7 Å². The van der Waals surface area contributed by atoms with Crippen molar-refractivity contribution >= 4 is 23.5 Å². The lowest BCUT2D eigenvalue weighted by molar-refractivity contribution is 0.0941. The molecular weight excluding hydrogens is 496 g/mol. The molecule has 7 heteroatoms. The topological polar surface area (TPSA) is 73.5 Å². The van der Waals surface area contributed by atoms with E-state index in [-0.39, 0.29) is 24.5 Å². The van der Waals surface area contributed by atoms with Crippen LogP contribution < -0.4 is 16.0 Å². The van der Waals surface area contributed by atoms with Crippen molar-refractivity contribution in [2.75, 3.05) is 19.6 Å². The number of hydrogen-bond acceptors (Lipinski definition) is 3. The Morgan fingerprint density at radius 3 is 2.29 bits per heavy atom. The minimum Gasteiger partial charge on any atom is -0.350 e. The Morgan fingerprint density at radius 1 is 0.947 bits per heavy atom. The van der Waals surface area contributed by atoms with Crippen LogP contribution in [-0.2, 0) is 19.4 Å². The van der Waals surface area contributed by atoms with Crippen molar-refractivity contribution < 1.29 is 9.59 Å². The van der Waals surface area contributed by atoms with Crippen LogP contribution >= 0.6 is 11.6 Å². The smallest absolute Gasteiger partial charge is 0.315 e. The second-order valence-corrected chi connectivity index (χ2v) is 10.5. The molecular formula is C31H35ClN4O2. The van der Waals surface area contributed by atoms with Crippen LogP contribution in [0.5, 0.6) is 0 Å². The van der Waals surface area contributed by atoms with Gasteiger partial charge in [0.05, 0.1) is 6.04 Å². The standard InChI is InChI=1S/C31H35ClN4O2/c1-2-36-17-7-10-25(36)20-33-30(37)23-15-16-24(28(32)18-23)19-34-31(38)35-29-26-11-5-3-8-21(26)13-14-22-9-4-6-12-27(22)29/h3-6,8-9,11-12,15-16,18,25,29H,2,7,10,13-14,17,19-20H2,1H3,(H,33,37)(H2,34,35,38)/t25-/m0/s1. The molecule has 5 rings (SSSR count). The number of halogens is 1. The molecule has 0 unspecified atom stereocenters. The van der Waals surface area contributed by atoms with E-state index in [1.165, 1.54) is 17.5 Å². The van der Waals surface area contributed by atoms with Crippen LogP contribution in [0.25, 0.3) is 0 Å². The van der Waals surface area contributed by atoms with Crippen molar-refractivity contribution in [3.8, 4) is 0 Å². The van der Waals surface area contributed by atoms with Gasteiger partial charge in [0.2, 0.25) is 0 Å². The molecule has 38 heavy (non-hydrogen) atoms. The minimum atomic E-state index is -0.267. The van der Waals surface area contributed by atoms with Gasteiger partial charge in [-0.1, -0.05) is 73.1 Å². The molecule has 1 saturated heterocycles. The van der Waals surface area contributed by atoms with Gasteiger partial charge in [0.1, 0.15) is 0 Å². The van der Waals surface area contributed by atoms with Crippen LogP contribution in [0.4, 0.5) is 4.79 Å². The van der Waals surface area contributed by atoms with Crippen molar-refractivity contribution in [2.24, 2.45) is 0 Å². The number of nitrogens with zero attached hydrogens (tertiary/aromatic N) is 1. The Hall–Kier alpha value is -3.35. The van der Waals surface area contributed by atoms with Crippen molar-refractivity contribution in [3.05, 3.63) is 105 Å². The van der Waals surface area contributed by atoms with Gasteiger partial charge < -0.3 is 16.0 Å². The maximum Gasteiger partial charge on any atom is 0.315 e. The predicted octanol–water partition coefficient (Wildman–Crippen LogP) is 5.24. The van der Waals surface area contributed by atoms with Gasteiger partial charge >= 0.3 is 6.03 Å². The number of benzene rings is 3. The summed E-state index contributed by atoms with van der Waals surface area (Å²) in [5.41, 5.74) is 6.03. The summed E-state index contributed by atoms with van der Waals surface area (Å²) in [6.07, 6.45) is 4.18. The largest absolute Gasteiger partial charge is 0.350 e. The van der Waals surface area contributed by atoms with E-state index in [4.69, 9.17) is 11.6 Å². The van der Waals surface area contributed by atoms with Gasteiger partial charge in [0.25, 0.3) is 5.91 Å². The number of likely N-dealkylation sites (N-methyl/N-ethyl adjacent to an activating group) is 1. The van der Waals surface area contributed by atoms with E-state index >= 15 is 0 Å². The number of carbonyl (C=O) groups is 2. The lowest BCUT2D eigenvalue weighted by atomic mass is 9.95. The number of urea groups is 1. The molecule has 1 aliphatic carbocycles. The average molecular weight is 531 g/mol. The van der Waals surface area contributed by atoms with E-state index in [1.54, 1.807) is 12.1 Å². The predicted molar refractivity (Wildman–Crippen MR) is 152 cm³/mol. The second kappa shape index (κ2) is 12.0. The van der Waals surface area contributed by atoms with Crippen LogP contribution in [0.1, 0.15) is 64.0 Å². The SMILES string of the molecule is CCN1CCC[C@H]1CNC(=O)c1ccc(CNC(=O)NC2c3ccccc3CCc3ccccc32)c(Cl)c1. The quantitative estimate of drug-likeness (QED) is 0.391. The number of amides is 3. The third-order valence-corrected chi connectivity index (χ3v) is 8.18. The maximum atomic E-state index is 13.0. The van der Waals surface area contributed by atoms with Gasteiger partial charge in [0, 0.05) is 29.7 Å². The molecule has 3 amide bonds. The molecule has 0 saturated carbocycles. The molecule has 0 radical (unpaired) electrons. The molecule has 1 atom stereocenters. The van der Waals surface area contributed by atoms with Crippen molar-refractivity contribution in [3.63, 3.8) is 0 Å². The Labute approximate surface area is 229 Å². The van der Waals surface area contributed by atoms with E-state index in [1.807, 2.05) is 30.3 Å². The van der Waals surface area contributed by atoms with Crippen LogP contribution in [0.15, 0.2) is 66.7 Å². The first kappa shape index (κ1) is 26.3. The highest BCUT2D eigenvalue weighted by molar-refractivity contribution is 6.31. The van der Waals surface area contributed by atoms with Gasteiger partial charge in [0.15, 0.2) is 0 Å². The summed E-state index contributed by atoms with van der Waals surface area (Å²) in [6.45, 7) is 5.15. The first-order valence-electron chi connectivity index (χ1n) is 13.5. The number of carbonyl (C=O) groups excluding carboxylic acids is 2. The first-order chi connectivity index (χ1) is 18.5. The molecule has 2 aliphatic rings. The first-order valence-corrected chi connectivity index (χ1v) is 13.9. The Kier molecular flexibility index (Phi) is 8.30. The molecule has 1 heterocycles. The van der Waals surface area contributed by atoms with E-state index in [9.17, 15) is 9.59 Å². The monoisotopic (exact) mass is 530 g/mol. The third kappa shape index (κ3) is 5.87. The van der Waals surface area contributed by atoms with Crippen molar-refractivity contribution in [2.45, 2.75) is 51.2 Å². The highest BCUT2D eigenvalue weighted by atomic mass is 35.5. The van der Waals surface area contributed by atoms with Crippen molar-refractivity contribution in [1.82, 2.24) is 20.9 Å². The van der Waals surface area contributed by atoms with Crippen molar-refractivity contribution in [1.29, 1.82) is 0 Å². The average Bonchev–Trinajstić information content (AvgIpc) is 3.34. The van der Waals surface area contributed by atoms with Crippen LogP contribution in [0.2, 0.25) is 5.02 Å². The summed E-state index contributed by atoms with van der Waals surface area (Å²) >= 11 is 6.52. The summed E-state index contributed by atoms with van der Waals surface area (Å²) < 4.78 is 0. The van der Waals surface area contributed by atoms with Gasteiger partial charge in [-0.2, -0.15) is 0 Å². The molecule has 0 spiro atoms. The van der Waals surface area contributed by atoms with Gasteiger partial charge in [-0.25, -0.2) is 4.79 Å². The van der Waals surface area contributed by atoms with Gasteiger partial charge in [-0.15, -0.1) is 0 Å². The van der Waals surface area contributed by atoms with E-state index in [0.29, 0.717) is 23.2 Å². The molecule has 3 aromatic carbocycles. The summed E-state index contributed by atoms with van der Waals surface area (Å²) in [4.78, 5) is 28.1. The van der Waals surface area contributed by atoms with E-state index in [0.717, 1.165) is 49.0 Å². The number of hydrogen-bond donors (Lipinski definition) is 3. The molecule has 0 bridgehead atoms. The lowest BCUT2D eigenvalue weighted by Gasteiger charge is -2.23. The summed E-state index contributed by atoms with van der Waals surface area (Å²) in [5.74, 6) is -0.127. The molecule has 1 fully saturated rings. The maximum absolute atomic E-state index is 13.0. The number of nitrogens with one attached hydrogen (secondary N) is 3. The zero-order chi connectivity index (χ0) is 26.5. The molecule has 1 aliphatic heterocycles. The van der Waals surface area contributed by atoms with E-state index in [2.05, 4.69) is 52.0 Å². The lowest BCUT2D eigenvalue weighted by Crippen LogP contribution is -2.40. The highest BCUT2D eigenvalue weighted by Gasteiger charge is 2.25. The number of fused-ring (bicyclic) bond motifs is 2. The Bertz CT molecular complexity index is 1260. The summed E-state index contributed by atoms with van der Waals surface area (Å²) in [7, 11) is 0. The minimum absolute atomic E-state index is 0.127. The van der Waals surface area contributed by atoms with Crippen LogP contribution in [0, 0.1) is 0 Å². The molecule has 3 N–H and O–H groups in total. The van der Waals surface area contributed by atoms with Crippen LogP contribution in [-0.4, -0.2) is 42.5 Å². The number of rotatable bonds is 7. The Morgan fingerprint density at radius 2 is 1.63 bits per heavy atom. The molecule has 198 valence electrons. The molecule has 6 nitrogen and oxygen atoms in total. The highest BCUT2D eigenvalue weighted by Crippen LogP contribution is 2.32. The number of aryl methyl sites for hydroxylation is 2. The summed E-state index contributed by atoms with van der Waals surface area (Å²) in [6, 6.07) is 21.7. The molecule has 3 aromatic rings. The zero-order valence-corrected chi connectivity index (χ0v) is 22.6. The fourth-order valence-corrected chi connectivity index (χ4v) is 5.97. The fraction of sp³-hybridized carbons (Fsp3) is 0.355. The second-order valence-electron chi connectivity index (χ2n) is 10.1. The number of likely N-dealkylation sites (tertiary alicyclic amines) is 1. The summed E-state index contributed by atoms with van der Waals surface area (Å²) in [5, 5.41) is 9.64. The Balaban J connectivity index is 1.21. The van der Waals surface area contributed by atoms with E-state index < -0.39 is 0 Å². The normalized spacial score (nSPS) is 17.3. The van der Waals surface area contributed by atoms with Crippen LogP contribution in [0.3, 0.4) is 0 Å². The van der Waals surface area contributed by atoms with Gasteiger partial charge in [-0.3, -0.25) is 9.69 Å².